The number of carbonyl (C=O) groups excluding carboxylic acids is 1. The molecule has 5 heterocycles. The third-order valence-electron chi connectivity index (χ3n) is 6.89. The van der Waals surface area contributed by atoms with Crippen LogP contribution in [0.2, 0.25) is 0 Å². The van der Waals surface area contributed by atoms with E-state index in [9.17, 15) is 13.6 Å². The minimum Gasteiger partial charge on any atom is -0.371 e. The minimum absolute atomic E-state index is 0.129. The lowest BCUT2D eigenvalue weighted by Gasteiger charge is -2.41. The Hall–Kier alpha value is -2.61. The Bertz CT molecular complexity index is 1070. The summed E-state index contributed by atoms with van der Waals surface area (Å²) >= 11 is 0. The zero-order valence-corrected chi connectivity index (χ0v) is 18.7. The number of carbonyl (C=O) groups is 1. The quantitative estimate of drug-likeness (QED) is 0.718. The molecule has 8 heteroatoms. The molecule has 2 aromatic rings. The van der Waals surface area contributed by atoms with Gasteiger partial charge in [-0.1, -0.05) is 0 Å². The first-order chi connectivity index (χ1) is 15.2. The number of nitrogens with zero attached hydrogens (tertiary/aromatic N) is 4. The fourth-order valence-corrected chi connectivity index (χ4v) is 4.96. The van der Waals surface area contributed by atoms with E-state index in [1.807, 2.05) is 9.80 Å². The predicted octanol–water partition coefficient (Wildman–Crippen LogP) is 3.94. The molecule has 3 aliphatic heterocycles. The molecule has 3 aliphatic rings. The molecule has 1 fully saturated rings. The number of hydrogen-bond donors (Lipinski definition) is 0. The van der Waals surface area contributed by atoms with Crippen molar-refractivity contribution in [3.63, 3.8) is 0 Å². The van der Waals surface area contributed by atoms with E-state index in [1.54, 1.807) is 6.07 Å². The van der Waals surface area contributed by atoms with Crippen LogP contribution in [0.25, 0.3) is 0 Å². The van der Waals surface area contributed by atoms with Gasteiger partial charge in [-0.05, 0) is 44.0 Å². The summed E-state index contributed by atoms with van der Waals surface area (Å²) in [5, 5.41) is 0. The third-order valence-corrected chi connectivity index (χ3v) is 6.89. The Morgan fingerprint density at radius 1 is 1.25 bits per heavy atom. The van der Waals surface area contributed by atoms with E-state index in [0.29, 0.717) is 39.2 Å². The second kappa shape index (κ2) is 7.76. The number of alkyl halides is 2. The van der Waals surface area contributed by atoms with Gasteiger partial charge >= 0.3 is 0 Å². The van der Waals surface area contributed by atoms with Crippen molar-refractivity contribution in [2.45, 2.75) is 65.3 Å². The van der Waals surface area contributed by atoms with Gasteiger partial charge in [-0.3, -0.25) is 14.8 Å². The second-order valence-corrected chi connectivity index (χ2v) is 9.78. The summed E-state index contributed by atoms with van der Waals surface area (Å²) in [6.45, 7) is 9.39. The molecule has 0 bridgehead atoms. The lowest BCUT2D eigenvalue weighted by molar-refractivity contribution is -0.133. The highest BCUT2D eigenvalue weighted by Gasteiger charge is 2.35. The summed E-state index contributed by atoms with van der Waals surface area (Å²) in [5.41, 5.74) is 5.97. The average molecular weight is 443 g/mol. The topological polar surface area (TPSA) is 58.6 Å². The summed E-state index contributed by atoms with van der Waals surface area (Å²) in [6, 6.07) is 3.17. The second-order valence-electron chi connectivity index (χ2n) is 9.78. The van der Waals surface area contributed by atoms with Gasteiger partial charge in [0.1, 0.15) is 5.69 Å². The number of pyridine rings is 2. The van der Waals surface area contributed by atoms with Gasteiger partial charge < -0.3 is 14.5 Å². The summed E-state index contributed by atoms with van der Waals surface area (Å²) in [6.07, 6.45) is 0.0833. The Balaban J connectivity index is 1.20. The highest BCUT2D eigenvalue weighted by Crippen LogP contribution is 2.35. The number of aromatic nitrogens is 2. The molecule has 0 saturated carbocycles. The molecular weight excluding hydrogens is 414 g/mol. The number of amides is 1. The van der Waals surface area contributed by atoms with E-state index < -0.39 is 6.43 Å². The van der Waals surface area contributed by atoms with Crippen molar-refractivity contribution in [3.8, 4) is 0 Å². The molecule has 0 aromatic carbocycles. The number of anilines is 1. The molecule has 0 atom stereocenters. The van der Waals surface area contributed by atoms with Crippen LogP contribution in [-0.2, 0) is 35.6 Å². The molecular formula is C24H28F2N4O2. The van der Waals surface area contributed by atoms with Crippen molar-refractivity contribution < 1.29 is 18.3 Å². The molecule has 6 nitrogen and oxygen atoms in total. The molecule has 1 amide bonds. The molecule has 0 radical (unpaired) electrons. The first-order valence-corrected chi connectivity index (χ1v) is 11.1. The highest BCUT2D eigenvalue weighted by molar-refractivity contribution is 5.77. The Morgan fingerprint density at radius 2 is 2.03 bits per heavy atom. The van der Waals surface area contributed by atoms with Gasteiger partial charge in [-0.15, -0.1) is 0 Å². The Labute approximate surface area is 186 Å². The zero-order valence-electron chi connectivity index (χ0n) is 18.7. The van der Waals surface area contributed by atoms with Crippen LogP contribution in [0.4, 0.5) is 14.5 Å². The number of halogens is 2. The summed E-state index contributed by atoms with van der Waals surface area (Å²) in [7, 11) is 0. The van der Waals surface area contributed by atoms with E-state index in [-0.39, 0.29) is 23.1 Å². The first kappa shape index (κ1) is 21.2. The lowest BCUT2D eigenvalue weighted by atomic mass is 9.91. The molecule has 2 aromatic heterocycles. The van der Waals surface area contributed by atoms with Crippen molar-refractivity contribution in [2.75, 3.05) is 18.0 Å². The monoisotopic (exact) mass is 442 g/mol. The van der Waals surface area contributed by atoms with Crippen molar-refractivity contribution in [1.29, 1.82) is 0 Å². The van der Waals surface area contributed by atoms with Crippen molar-refractivity contribution >= 4 is 11.6 Å². The van der Waals surface area contributed by atoms with E-state index in [0.717, 1.165) is 29.1 Å². The third kappa shape index (κ3) is 3.85. The standard InChI is InChI=1S/C24H28F2N4O2/c1-14-17-11-30(12-21(17)28-20-8-24(2,3)32-13-18(14)20)22(31)6-15-9-29(10-15)16-4-5-27-19(7-16)23(25)26/h4-5,7,15,23H,6,8-13H2,1-3H3. The van der Waals surface area contributed by atoms with Crippen LogP contribution in [-0.4, -0.2) is 39.5 Å². The molecule has 0 unspecified atom stereocenters. The van der Waals surface area contributed by atoms with Gasteiger partial charge in [0.15, 0.2) is 0 Å². The summed E-state index contributed by atoms with van der Waals surface area (Å²) in [4.78, 5) is 25.5. The maximum absolute atomic E-state index is 13.0. The van der Waals surface area contributed by atoms with Crippen molar-refractivity contribution in [2.24, 2.45) is 5.92 Å². The largest absolute Gasteiger partial charge is 0.371 e. The number of ether oxygens (including phenoxy) is 1. The molecule has 1 saturated heterocycles. The first-order valence-electron chi connectivity index (χ1n) is 11.1. The zero-order chi connectivity index (χ0) is 22.6. The van der Waals surface area contributed by atoms with Crippen LogP contribution in [0.1, 0.15) is 60.5 Å². The van der Waals surface area contributed by atoms with E-state index >= 15 is 0 Å². The van der Waals surface area contributed by atoms with Crippen LogP contribution < -0.4 is 4.90 Å². The van der Waals surface area contributed by atoms with Crippen LogP contribution in [0.15, 0.2) is 18.3 Å². The van der Waals surface area contributed by atoms with Gasteiger partial charge in [-0.2, -0.15) is 0 Å². The van der Waals surface area contributed by atoms with Crippen molar-refractivity contribution in [3.05, 3.63) is 52.1 Å². The molecule has 0 spiro atoms. The van der Waals surface area contributed by atoms with Crippen LogP contribution in [0.3, 0.4) is 0 Å². The van der Waals surface area contributed by atoms with E-state index in [1.165, 1.54) is 23.4 Å². The number of rotatable bonds is 4. The number of fused-ring (bicyclic) bond motifs is 2. The average Bonchev–Trinajstić information content (AvgIpc) is 3.14. The maximum atomic E-state index is 13.0. The van der Waals surface area contributed by atoms with E-state index in [4.69, 9.17) is 9.72 Å². The number of hydrogen-bond acceptors (Lipinski definition) is 5. The lowest BCUT2D eigenvalue weighted by Crippen LogP contribution is -2.48. The molecule has 170 valence electrons. The van der Waals surface area contributed by atoms with Gasteiger partial charge in [0, 0.05) is 61.5 Å². The smallest absolute Gasteiger partial charge is 0.280 e. The predicted molar refractivity (Wildman–Crippen MR) is 115 cm³/mol. The van der Waals surface area contributed by atoms with E-state index in [2.05, 4.69) is 25.8 Å². The molecule has 0 aliphatic carbocycles. The molecule has 32 heavy (non-hydrogen) atoms. The SMILES string of the molecule is Cc1c2c(nc3c1CN(C(=O)CC1CN(c4ccnc(C(F)F)c4)C1)C3)CC(C)(C)OC2. The van der Waals surface area contributed by atoms with Crippen LogP contribution >= 0.6 is 0 Å². The summed E-state index contributed by atoms with van der Waals surface area (Å²) < 4.78 is 31.8. The maximum Gasteiger partial charge on any atom is 0.280 e. The fraction of sp³-hybridized carbons (Fsp3) is 0.542. The van der Waals surface area contributed by atoms with Crippen molar-refractivity contribution in [1.82, 2.24) is 14.9 Å². The normalized spacial score (nSPS) is 19.7. The Kier molecular flexibility index (Phi) is 5.15. The minimum atomic E-state index is -2.58. The van der Waals surface area contributed by atoms with Crippen LogP contribution in [0, 0.1) is 12.8 Å². The highest BCUT2D eigenvalue weighted by atomic mass is 19.3. The van der Waals surface area contributed by atoms with Gasteiger partial charge in [0.2, 0.25) is 5.91 Å². The molecule has 5 rings (SSSR count). The Morgan fingerprint density at radius 3 is 2.78 bits per heavy atom. The fourth-order valence-electron chi connectivity index (χ4n) is 4.96. The summed E-state index contributed by atoms with van der Waals surface area (Å²) in [5.74, 6) is 0.357. The molecule has 0 N–H and O–H groups in total. The van der Waals surface area contributed by atoms with Gasteiger partial charge in [0.05, 0.1) is 24.4 Å². The van der Waals surface area contributed by atoms with Gasteiger partial charge in [-0.25, -0.2) is 8.78 Å². The van der Waals surface area contributed by atoms with Gasteiger partial charge in [0.25, 0.3) is 6.43 Å². The van der Waals surface area contributed by atoms with Crippen LogP contribution in [0.5, 0.6) is 0 Å².